The van der Waals surface area contributed by atoms with E-state index in [0.717, 1.165) is 50.3 Å². The standard InChI is InChI=1S/C54H35N3/c55-36-37-21-23-38(24-22-37)39-25-27-40(28-26-39)43-29-31-49-47(33-43)48-34-44(30-32-50(48)54(49,45-17-9-3-10-18-45)46-19-11-4-12-20-46)53-56-51(41-13-5-1-6-14-41)35-52(57-53)42-15-7-2-8-16-42/h1-35H. The second-order valence-corrected chi connectivity index (χ2v) is 14.5. The lowest BCUT2D eigenvalue weighted by Crippen LogP contribution is -2.28. The molecule has 0 saturated heterocycles. The maximum atomic E-state index is 9.28. The van der Waals surface area contributed by atoms with Crippen molar-refractivity contribution in [3.63, 3.8) is 0 Å². The summed E-state index contributed by atoms with van der Waals surface area (Å²) in [5.41, 5.74) is 16.7. The van der Waals surface area contributed by atoms with Crippen LogP contribution in [0.3, 0.4) is 0 Å². The van der Waals surface area contributed by atoms with Gasteiger partial charge in [-0.15, -0.1) is 0 Å². The largest absolute Gasteiger partial charge is 0.228 e. The Morgan fingerprint density at radius 1 is 0.351 bits per heavy atom. The summed E-state index contributed by atoms with van der Waals surface area (Å²) < 4.78 is 0. The fourth-order valence-corrected chi connectivity index (χ4v) is 8.50. The van der Waals surface area contributed by atoms with Gasteiger partial charge >= 0.3 is 0 Å². The molecule has 266 valence electrons. The lowest BCUT2D eigenvalue weighted by Gasteiger charge is -2.34. The third kappa shape index (κ3) is 5.92. The summed E-state index contributed by atoms with van der Waals surface area (Å²) >= 11 is 0. The van der Waals surface area contributed by atoms with Crippen LogP contribution in [-0.2, 0) is 5.41 Å². The Bertz CT molecular complexity index is 2820. The van der Waals surface area contributed by atoms with Crippen LogP contribution >= 0.6 is 0 Å². The molecule has 0 saturated carbocycles. The van der Waals surface area contributed by atoms with Gasteiger partial charge in [0.1, 0.15) is 0 Å². The average molecular weight is 726 g/mol. The number of fused-ring (bicyclic) bond motifs is 3. The molecule has 0 N–H and O–H groups in total. The molecule has 1 aliphatic carbocycles. The molecule has 9 aromatic rings. The van der Waals surface area contributed by atoms with Gasteiger partial charge in [0, 0.05) is 16.7 Å². The first-order chi connectivity index (χ1) is 28.2. The zero-order chi connectivity index (χ0) is 38.2. The molecule has 1 aromatic heterocycles. The normalized spacial score (nSPS) is 12.3. The molecule has 0 bridgehead atoms. The smallest absolute Gasteiger partial charge is 0.160 e. The average Bonchev–Trinajstić information content (AvgIpc) is 3.60. The molecular formula is C54H35N3. The van der Waals surface area contributed by atoms with Crippen LogP contribution in [0.15, 0.2) is 212 Å². The van der Waals surface area contributed by atoms with E-state index < -0.39 is 5.41 Å². The summed E-state index contributed by atoms with van der Waals surface area (Å²) in [7, 11) is 0. The lowest BCUT2D eigenvalue weighted by atomic mass is 9.67. The Labute approximate surface area is 332 Å². The van der Waals surface area contributed by atoms with Gasteiger partial charge in [-0.2, -0.15) is 5.26 Å². The molecule has 1 aliphatic rings. The second kappa shape index (κ2) is 14.2. The van der Waals surface area contributed by atoms with Crippen LogP contribution in [0.4, 0.5) is 0 Å². The minimum atomic E-state index is -0.536. The quantitative estimate of drug-likeness (QED) is 0.164. The van der Waals surface area contributed by atoms with Gasteiger partial charge in [-0.1, -0.05) is 182 Å². The first kappa shape index (κ1) is 33.9. The molecule has 10 rings (SSSR count). The van der Waals surface area contributed by atoms with Crippen molar-refractivity contribution in [2.24, 2.45) is 0 Å². The number of benzene rings is 8. The monoisotopic (exact) mass is 725 g/mol. The topological polar surface area (TPSA) is 49.6 Å². The molecule has 0 aliphatic heterocycles. The summed E-state index contributed by atoms with van der Waals surface area (Å²) in [4.78, 5) is 10.4. The van der Waals surface area contributed by atoms with Crippen molar-refractivity contribution in [2.75, 3.05) is 0 Å². The molecule has 0 fully saturated rings. The maximum absolute atomic E-state index is 9.28. The van der Waals surface area contributed by atoms with Crippen LogP contribution in [0.2, 0.25) is 0 Å². The minimum Gasteiger partial charge on any atom is -0.228 e. The highest BCUT2D eigenvalue weighted by atomic mass is 14.9. The van der Waals surface area contributed by atoms with E-state index in [4.69, 9.17) is 9.97 Å². The van der Waals surface area contributed by atoms with Crippen molar-refractivity contribution in [3.8, 4) is 73.4 Å². The molecule has 0 amide bonds. The second-order valence-electron chi connectivity index (χ2n) is 14.5. The van der Waals surface area contributed by atoms with Crippen molar-refractivity contribution in [2.45, 2.75) is 5.41 Å². The lowest BCUT2D eigenvalue weighted by molar-refractivity contribution is 0.768. The number of nitriles is 1. The summed E-state index contributed by atoms with van der Waals surface area (Å²) in [6.07, 6.45) is 0. The molecule has 57 heavy (non-hydrogen) atoms. The van der Waals surface area contributed by atoms with Gasteiger partial charge < -0.3 is 0 Å². The third-order valence-corrected chi connectivity index (χ3v) is 11.2. The van der Waals surface area contributed by atoms with Crippen LogP contribution in [0.25, 0.3) is 67.3 Å². The molecule has 8 aromatic carbocycles. The van der Waals surface area contributed by atoms with Crippen LogP contribution in [-0.4, -0.2) is 9.97 Å². The molecule has 0 unspecified atom stereocenters. The summed E-state index contributed by atoms with van der Waals surface area (Å²) in [5, 5.41) is 9.28. The molecule has 3 heteroatoms. The number of aromatic nitrogens is 2. The highest BCUT2D eigenvalue weighted by Gasteiger charge is 2.46. The van der Waals surface area contributed by atoms with Gasteiger partial charge in [0.15, 0.2) is 5.82 Å². The fraction of sp³-hybridized carbons (Fsp3) is 0.0185. The number of hydrogen-bond acceptors (Lipinski definition) is 3. The van der Waals surface area contributed by atoms with E-state index in [-0.39, 0.29) is 0 Å². The number of hydrogen-bond donors (Lipinski definition) is 0. The van der Waals surface area contributed by atoms with Crippen molar-refractivity contribution in [3.05, 3.63) is 240 Å². The molecular weight excluding hydrogens is 691 g/mol. The minimum absolute atomic E-state index is 0.536. The molecule has 0 radical (unpaired) electrons. The van der Waals surface area contributed by atoms with Gasteiger partial charge in [0.25, 0.3) is 0 Å². The Hall–Kier alpha value is -7.67. The predicted octanol–water partition coefficient (Wildman–Crippen LogP) is 13.0. The van der Waals surface area contributed by atoms with Gasteiger partial charge in [-0.25, -0.2) is 9.97 Å². The van der Waals surface area contributed by atoms with E-state index in [1.165, 1.54) is 33.4 Å². The Kier molecular flexibility index (Phi) is 8.43. The van der Waals surface area contributed by atoms with E-state index in [0.29, 0.717) is 11.4 Å². The van der Waals surface area contributed by atoms with E-state index in [1.807, 2.05) is 36.4 Å². The summed E-state index contributed by atoms with van der Waals surface area (Å²) in [6.45, 7) is 0. The van der Waals surface area contributed by atoms with Gasteiger partial charge in [0.2, 0.25) is 0 Å². The number of nitrogens with zero attached hydrogens (tertiary/aromatic N) is 3. The molecule has 0 spiro atoms. The Morgan fingerprint density at radius 3 is 1.21 bits per heavy atom. The Morgan fingerprint density at radius 2 is 0.737 bits per heavy atom. The van der Waals surface area contributed by atoms with Crippen molar-refractivity contribution < 1.29 is 0 Å². The predicted molar refractivity (Wildman–Crippen MR) is 231 cm³/mol. The summed E-state index contributed by atoms with van der Waals surface area (Å²) in [6, 6.07) is 77.0. The van der Waals surface area contributed by atoms with Crippen molar-refractivity contribution in [1.29, 1.82) is 5.26 Å². The number of rotatable bonds is 7. The van der Waals surface area contributed by atoms with Crippen molar-refractivity contribution in [1.82, 2.24) is 9.97 Å². The molecule has 1 heterocycles. The van der Waals surface area contributed by atoms with Gasteiger partial charge in [0.05, 0.1) is 28.4 Å². The highest BCUT2D eigenvalue weighted by Crippen LogP contribution is 2.57. The van der Waals surface area contributed by atoms with E-state index >= 15 is 0 Å². The zero-order valence-corrected chi connectivity index (χ0v) is 31.0. The van der Waals surface area contributed by atoms with Crippen LogP contribution in [0, 0.1) is 11.3 Å². The van der Waals surface area contributed by atoms with E-state index in [9.17, 15) is 5.26 Å². The van der Waals surface area contributed by atoms with Crippen LogP contribution in [0.5, 0.6) is 0 Å². The first-order valence-corrected chi connectivity index (χ1v) is 19.2. The van der Waals surface area contributed by atoms with Crippen LogP contribution < -0.4 is 0 Å². The first-order valence-electron chi connectivity index (χ1n) is 19.2. The van der Waals surface area contributed by atoms with Gasteiger partial charge in [-0.3, -0.25) is 0 Å². The van der Waals surface area contributed by atoms with E-state index in [2.05, 4.69) is 182 Å². The highest BCUT2D eigenvalue weighted by molar-refractivity contribution is 5.91. The fourth-order valence-electron chi connectivity index (χ4n) is 8.50. The third-order valence-electron chi connectivity index (χ3n) is 11.2. The summed E-state index contributed by atoms with van der Waals surface area (Å²) in [5.74, 6) is 0.686. The molecule has 0 atom stereocenters. The SMILES string of the molecule is N#Cc1ccc(-c2ccc(-c3ccc4c(c3)-c3cc(-c5nc(-c6ccccc6)cc(-c6ccccc6)n5)ccc3C4(c3ccccc3)c3ccccc3)cc2)cc1. The van der Waals surface area contributed by atoms with Crippen molar-refractivity contribution >= 4 is 0 Å². The zero-order valence-electron chi connectivity index (χ0n) is 31.0. The van der Waals surface area contributed by atoms with Gasteiger partial charge in [-0.05, 0) is 86.0 Å². The maximum Gasteiger partial charge on any atom is 0.160 e. The Balaban J connectivity index is 1.17. The molecule has 3 nitrogen and oxygen atoms in total. The van der Waals surface area contributed by atoms with Crippen LogP contribution in [0.1, 0.15) is 27.8 Å². The van der Waals surface area contributed by atoms with E-state index in [1.54, 1.807) is 0 Å².